The highest BCUT2D eigenvalue weighted by molar-refractivity contribution is 7.98. The Morgan fingerprint density at radius 1 is 1.31 bits per heavy atom. The van der Waals surface area contributed by atoms with E-state index >= 15 is 4.39 Å². The van der Waals surface area contributed by atoms with E-state index in [1.165, 1.54) is 17.8 Å². The summed E-state index contributed by atoms with van der Waals surface area (Å²) < 4.78 is 47.6. The van der Waals surface area contributed by atoms with Crippen LogP contribution in [0.2, 0.25) is 0 Å². The number of ether oxygens (including phenoxy) is 1. The number of carboxylic acids is 1. The second-order valence-electron chi connectivity index (χ2n) is 7.47. The average molecular weight is 480 g/mol. The van der Waals surface area contributed by atoms with Gasteiger partial charge in [0.25, 0.3) is 0 Å². The molecule has 32 heavy (non-hydrogen) atoms. The monoisotopic (exact) mass is 479 g/mol. The fourth-order valence-corrected chi connectivity index (χ4v) is 5.96. The first kappa shape index (κ1) is 24.1. The largest absolute Gasteiger partial charge is 0.478 e. The van der Waals surface area contributed by atoms with Gasteiger partial charge in [-0.25, -0.2) is 17.6 Å². The summed E-state index contributed by atoms with van der Waals surface area (Å²) in [5.41, 5.74) is -0.896. The molecular formula is C23H26FNO5S2. The average Bonchev–Trinajstić information content (AvgIpc) is 2.86. The molecule has 6 nitrogen and oxygen atoms in total. The van der Waals surface area contributed by atoms with E-state index in [1.54, 1.807) is 12.3 Å². The van der Waals surface area contributed by atoms with Gasteiger partial charge in [0, 0.05) is 24.2 Å². The third-order valence-electron chi connectivity index (χ3n) is 5.33. The highest BCUT2D eigenvalue weighted by Gasteiger charge is 2.42. The fraction of sp³-hybridized carbons (Fsp3) is 0.348. The lowest BCUT2D eigenvalue weighted by atomic mass is 10.0. The molecule has 1 N–H and O–H groups in total. The number of rotatable bonds is 8. The van der Waals surface area contributed by atoms with Gasteiger partial charge < -0.3 is 14.7 Å². The Morgan fingerprint density at radius 2 is 2.03 bits per heavy atom. The van der Waals surface area contributed by atoms with Gasteiger partial charge >= 0.3 is 5.97 Å². The van der Waals surface area contributed by atoms with Gasteiger partial charge in [0.2, 0.25) is 15.3 Å². The Kier molecular flexibility index (Phi) is 7.84. The number of carbonyl (C=O) groups is 1. The van der Waals surface area contributed by atoms with Crippen LogP contribution in [0, 0.1) is 5.92 Å². The molecule has 2 aromatic carbocycles. The molecule has 0 amide bonds. The zero-order valence-corrected chi connectivity index (χ0v) is 19.5. The van der Waals surface area contributed by atoms with Crippen LogP contribution in [0.15, 0.2) is 64.6 Å². The number of sulfone groups is 1. The number of halogens is 1. The van der Waals surface area contributed by atoms with Gasteiger partial charge in [-0.15, -0.1) is 11.8 Å². The second-order valence-corrected chi connectivity index (χ2v) is 10.3. The summed E-state index contributed by atoms with van der Waals surface area (Å²) in [5, 5.41) is 8.80. The first-order chi connectivity index (χ1) is 15.3. The topological polar surface area (TPSA) is 83.9 Å². The maximum atomic E-state index is 15.5. The van der Waals surface area contributed by atoms with E-state index in [0.717, 1.165) is 30.9 Å². The van der Waals surface area contributed by atoms with Gasteiger partial charge in [0.05, 0.1) is 27.8 Å². The van der Waals surface area contributed by atoms with Crippen LogP contribution >= 0.6 is 11.8 Å². The van der Waals surface area contributed by atoms with Crippen molar-refractivity contribution in [2.75, 3.05) is 17.7 Å². The van der Waals surface area contributed by atoms with Gasteiger partial charge in [0.15, 0.2) is 0 Å². The molecule has 0 aromatic heterocycles. The molecule has 1 heterocycles. The lowest BCUT2D eigenvalue weighted by Gasteiger charge is -2.28. The fourth-order valence-electron chi connectivity index (χ4n) is 3.72. The van der Waals surface area contributed by atoms with E-state index in [4.69, 9.17) is 9.84 Å². The summed E-state index contributed by atoms with van der Waals surface area (Å²) >= 11 is 1.33. The lowest BCUT2D eigenvalue weighted by Crippen LogP contribution is -2.31. The van der Waals surface area contributed by atoms with E-state index in [0.29, 0.717) is 17.0 Å². The summed E-state index contributed by atoms with van der Waals surface area (Å²) in [5.74, 6) is -1.73. The quantitative estimate of drug-likeness (QED) is 0.308. The number of para-hydroxylation sites is 1. The van der Waals surface area contributed by atoms with Crippen molar-refractivity contribution >= 4 is 38.9 Å². The third kappa shape index (κ3) is 5.10. The zero-order valence-electron chi connectivity index (χ0n) is 17.9. The Labute approximate surface area is 192 Å². The van der Waals surface area contributed by atoms with Crippen molar-refractivity contribution in [2.24, 2.45) is 5.92 Å². The standard InChI is InChI=1S/C23H26FNO5S2/c1-3-4-8-16-15-25(17-9-6-5-7-10-17)18-13-20(31-2)19(30-12-11-22(26)27)14-21(18)32(28,29)23(16)24/h5-7,9-14,16,23H,3-4,8,15H2,1-2H3,(H,26,27)/t16-,23-/m1/s1. The maximum absolute atomic E-state index is 15.5. The number of aliphatic carboxylic acids is 1. The molecule has 0 fully saturated rings. The van der Waals surface area contributed by atoms with Crippen molar-refractivity contribution in [3.63, 3.8) is 0 Å². The van der Waals surface area contributed by atoms with Crippen LogP contribution in [-0.4, -0.2) is 37.8 Å². The number of unbranched alkanes of at least 4 members (excludes halogenated alkanes) is 1. The van der Waals surface area contributed by atoms with Crippen molar-refractivity contribution in [2.45, 2.75) is 41.5 Å². The smallest absolute Gasteiger partial charge is 0.331 e. The van der Waals surface area contributed by atoms with Crippen molar-refractivity contribution in [3.05, 3.63) is 54.8 Å². The predicted octanol–water partition coefficient (Wildman–Crippen LogP) is 5.41. The molecule has 3 rings (SSSR count). The minimum Gasteiger partial charge on any atom is -0.478 e. The first-order valence-corrected chi connectivity index (χ1v) is 13.1. The summed E-state index contributed by atoms with van der Waals surface area (Å²) in [6.07, 6.45) is 5.60. The van der Waals surface area contributed by atoms with Crippen LogP contribution in [0.5, 0.6) is 5.75 Å². The van der Waals surface area contributed by atoms with E-state index in [1.807, 2.05) is 42.2 Å². The molecule has 0 bridgehead atoms. The number of alkyl halides is 1. The van der Waals surface area contributed by atoms with Crippen LogP contribution in [0.3, 0.4) is 0 Å². The summed E-state index contributed by atoms with van der Waals surface area (Å²) in [7, 11) is -4.30. The molecular weight excluding hydrogens is 453 g/mol. The van der Waals surface area contributed by atoms with Crippen molar-refractivity contribution < 1.29 is 27.4 Å². The Morgan fingerprint density at radius 3 is 2.66 bits per heavy atom. The third-order valence-corrected chi connectivity index (χ3v) is 8.01. The van der Waals surface area contributed by atoms with Gasteiger partial charge in [-0.2, -0.15) is 0 Å². The molecule has 0 aliphatic carbocycles. The van der Waals surface area contributed by atoms with Gasteiger partial charge in [-0.05, 0) is 30.9 Å². The van der Waals surface area contributed by atoms with Gasteiger partial charge in [-0.3, -0.25) is 0 Å². The highest BCUT2D eigenvalue weighted by Crippen LogP contribution is 2.45. The van der Waals surface area contributed by atoms with Gasteiger partial charge in [0.1, 0.15) is 5.75 Å². The molecule has 1 aliphatic heterocycles. The van der Waals surface area contributed by atoms with Crippen LogP contribution in [0.1, 0.15) is 26.2 Å². The zero-order chi connectivity index (χ0) is 23.3. The summed E-state index contributed by atoms with van der Waals surface area (Å²) in [6.45, 7) is 2.21. The SMILES string of the molecule is CCCC[C@@H]1CN(c2ccccc2)c2cc(SC)c(OC=CC(=O)O)cc2S(=O)(=O)[C@H]1F. The normalized spacial score (nSPS) is 20.0. The minimum absolute atomic E-state index is 0.157. The van der Waals surface area contributed by atoms with E-state index < -0.39 is 27.2 Å². The molecule has 9 heteroatoms. The van der Waals surface area contributed by atoms with E-state index in [2.05, 4.69) is 0 Å². The highest BCUT2D eigenvalue weighted by atomic mass is 32.2. The van der Waals surface area contributed by atoms with Crippen molar-refractivity contribution in [3.8, 4) is 5.75 Å². The van der Waals surface area contributed by atoms with Gasteiger partial charge in [-0.1, -0.05) is 38.0 Å². The molecule has 0 saturated carbocycles. The number of thioether (sulfide) groups is 1. The Balaban J connectivity index is 2.20. The van der Waals surface area contributed by atoms with Crippen LogP contribution < -0.4 is 9.64 Å². The number of benzene rings is 2. The van der Waals surface area contributed by atoms with Crippen LogP contribution in [-0.2, 0) is 14.6 Å². The number of hydrogen-bond acceptors (Lipinski definition) is 6. The molecule has 0 unspecified atom stereocenters. The second kappa shape index (κ2) is 10.4. The molecule has 0 spiro atoms. The molecule has 1 aliphatic rings. The minimum atomic E-state index is -4.30. The maximum Gasteiger partial charge on any atom is 0.331 e. The number of nitrogens with zero attached hydrogens (tertiary/aromatic N) is 1. The van der Waals surface area contributed by atoms with Crippen LogP contribution in [0.4, 0.5) is 15.8 Å². The molecule has 2 atom stereocenters. The van der Waals surface area contributed by atoms with E-state index in [9.17, 15) is 13.2 Å². The number of hydrogen-bond donors (Lipinski definition) is 1. The summed E-state index contributed by atoms with van der Waals surface area (Å²) in [6, 6.07) is 12.3. The van der Waals surface area contributed by atoms with Crippen LogP contribution in [0.25, 0.3) is 0 Å². The summed E-state index contributed by atoms with van der Waals surface area (Å²) in [4.78, 5) is 13.1. The lowest BCUT2D eigenvalue weighted by molar-refractivity contribution is -0.131. The van der Waals surface area contributed by atoms with Crippen molar-refractivity contribution in [1.82, 2.24) is 0 Å². The van der Waals surface area contributed by atoms with E-state index in [-0.39, 0.29) is 17.2 Å². The molecule has 0 saturated heterocycles. The first-order valence-electron chi connectivity index (χ1n) is 10.3. The Bertz CT molecular complexity index is 1090. The number of anilines is 2. The number of fused-ring (bicyclic) bond motifs is 1. The molecule has 172 valence electrons. The number of carboxylic acid groups (broad SMARTS) is 1. The molecule has 0 radical (unpaired) electrons. The molecule has 2 aromatic rings. The predicted molar refractivity (Wildman–Crippen MR) is 124 cm³/mol. The van der Waals surface area contributed by atoms with Crippen molar-refractivity contribution in [1.29, 1.82) is 0 Å². The Hall–Kier alpha value is -2.52.